The monoisotopic (exact) mass is 326 g/mol. The number of hydrogen-bond donors (Lipinski definition) is 1. The van der Waals surface area contributed by atoms with Crippen molar-refractivity contribution < 1.29 is 0 Å². The zero-order valence-corrected chi connectivity index (χ0v) is 13.7. The third kappa shape index (κ3) is 2.58. The third-order valence-electron chi connectivity index (χ3n) is 4.37. The predicted molar refractivity (Wildman–Crippen MR) is 92.8 cm³/mol. The Morgan fingerprint density at radius 1 is 1.35 bits per heavy atom. The van der Waals surface area contributed by atoms with E-state index in [4.69, 9.17) is 4.98 Å². The van der Waals surface area contributed by atoms with E-state index in [0.717, 1.165) is 35.3 Å². The van der Waals surface area contributed by atoms with Gasteiger partial charge in [0, 0.05) is 18.3 Å². The van der Waals surface area contributed by atoms with Gasteiger partial charge < -0.3 is 5.32 Å². The molecule has 1 aliphatic heterocycles. The number of nitrogens with zero attached hydrogens (tertiary/aromatic N) is 3. The van der Waals surface area contributed by atoms with E-state index in [2.05, 4.69) is 17.2 Å². The van der Waals surface area contributed by atoms with Gasteiger partial charge in [-0.15, -0.1) is 11.3 Å². The molecule has 4 rings (SSSR count). The molecule has 3 aromatic rings. The Morgan fingerprint density at radius 2 is 2.26 bits per heavy atom. The summed E-state index contributed by atoms with van der Waals surface area (Å²) in [5.74, 6) is 0.681. The van der Waals surface area contributed by atoms with Crippen LogP contribution >= 0.6 is 11.3 Å². The smallest absolute Gasteiger partial charge is 0.272 e. The maximum Gasteiger partial charge on any atom is 0.272 e. The van der Waals surface area contributed by atoms with Gasteiger partial charge in [-0.2, -0.15) is 0 Å². The number of hydrogen-bond acceptors (Lipinski definition) is 5. The van der Waals surface area contributed by atoms with Crippen LogP contribution in [0.15, 0.2) is 40.6 Å². The first-order chi connectivity index (χ1) is 11.2. The highest BCUT2D eigenvalue weighted by atomic mass is 32.1. The van der Waals surface area contributed by atoms with Crippen LogP contribution in [-0.4, -0.2) is 27.1 Å². The van der Waals surface area contributed by atoms with E-state index in [1.807, 2.05) is 34.2 Å². The number of nitrogens with one attached hydrogen (secondary N) is 1. The van der Waals surface area contributed by atoms with Crippen LogP contribution in [0.1, 0.15) is 25.8 Å². The van der Waals surface area contributed by atoms with Crippen LogP contribution in [0.5, 0.6) is 0 Å². The van der Waals surface area contributed by atoms with Gasteiger partial charge in [-0.3, -0.25) is 14.3 Å². The average Bonchev–Trinajstić information content (AvgIpc) is 3.04. The summed E-state index contributed by atoms with van der Waals surface area (Å²) in [5, 5.41) is 5.37. The molecular formula is C17H18N4OS. The molecule has 1 fully saturated rings. The molecule has 0 saturated carbocycles. The average molecular weight is 326 g/mol. The van der Waals surface area contributed by atoms with Crippen molar-refractivity contribution in [2.24, 2.45) is 0 Å². The summed E-state index contributed by atoms with van der Waals surface area (Å²) in [6.45, 7) is 3.08. The Bertz CT molecular complexity index is 886. The number of fused-ring (bicyclic) bond motifs is 1. The van der Waals surface area contributed by atoms with Crippen LogP contribution in [0.2, 0.25) is 0 Å². The Balaban J connectivity index is 1.96. The van der Waals surface area contributed by atoms with Gasteiger partial charge in [-0.25, -0.2) is 4.98 Å². The first kappa shape index (κ1) is 14.5. The highest BCUT2D eigenvalue weighted by Gasteiger charge is 2.25. The summed E-state index contributed by atoms with van der Waals surface area (Å²) in [6, 6.07) is 8.19. The normalized spacial score (nSPS) is 21.6. The van der Waals surface area contributed by atoms with E-state index in [-0.39, 0.29) is 11.6 Å². The zero-order chi connectivity index (χ0) is 15.8. The van der Waals surface area contributed by atoms with Crippen LogP contribution in [-0.2, 0) is 0 Å². The van der Waals surface area contributed by atoms with E-state index in [1.165, 1.54) is 11.3 Å². The molecule has 23 heavy (non-hydrogen) atoms. The van der Waals surface area contributed by atoms with Crippen molar-refractivity contribution in [3.63, 3.8) is 0 Å². The Kier molecular flexibility index (Phi) is 3.71. The molecule has 1 saturated heterocycles. The van der Waals surface area contributed by atoms with Crippen LogP contribution in [0.25, 0.3) is 21.7 Å². The summed E-state index contributed by atoms with van der Waals surface area (Å²) >= 11 is 1.46. The molecule has 0 bridgehead atoms. The van der Waals surface area contributed by atoms with E-state index < -0.39 is 0 Å². The van der Waals surface area contributed by atoms with Gasteiger partial charge in [0.05, 0.1) is 5.52 Å². The molecule has 6 heteroatoms. The number of thiophene rings is 1. The molecule has 0 amide bonds. The molecule has 1 aliphatic rings. The van der Waals surface area contributed by atoms with Gasteiger partial charge >= 0.3 is 0 Å². The Morgan fingerprint density at radius 3 is 3.04 bits per heavy atom. The van der Waals surface area contributed by atoms with E-state index >= 15 is 0 Å². The first-order valence-corrected chi connectivity index (χ1v) is 8.76. The fourth-order valence-corrected chi connectivity index (χ4v) is 4.05. The second kappa shape index (κ2) is 5.86. The largest absolute Gasteiger partial charge is 0.314 e. The summed E-state index contributed by atoms with van der Waals surface area (Å²) in [4.78, 5) is 22.3. The highest BCUT2D eigenvalue weighted by Crippen LogP contribution is 2.27. The van der Waals surface area contributed by atoms with Gasteiger partial charge in [-0.1, -0.05) is 6.07 Å². The molecule has 0 aromatic carbocycles. The van der Waals surface area contributed by atoms with Gasteiger partial charge in [-0.05, 0) is 49.9 Å². The van der Waals surface area contributed by atoms with Gasteiger partial charge in [0.25, 0.3) is 5.56 Å². The Labute approximate surface area is 138 Å². The molecule has 4 heterocycles. The van der Waals surface area contributed by atoms with Crippen molar-refractivity contribution in [1.82, 2.24) is 19.9 Å². The Hall–Kier alpha value is -2.05. The van der Waals surface area contributed by atoms with Crippen molar-refractivity contribution in [2.45, 2.75) is 31.8 Å². The lowest BCUT2D eigenvalue weighted by Gasteiger charge is -2.30. The van der Waals surface area contributed by atoms with Crippen LogP contribution < -0.4 is 10.9 Å². The first-order valence-electron chi connectivity index (χ1n) is 7.88. The second-order valence-corrected chi connectivity index (χ2v) is 6.91. The van der Waals surface area contributed by atoms with Crippen molar-refractivity contribution in [1.29, 1.82) is 0 Å². The van der Waals surface area contributed by atoms with E-state index in [9.17, 15) is 4.79 Å². The second-order valence-electron chi connectivity index (χ2n) is 5.99. The van der Waals surface area contributed by atoms with E-state index in [0.29, 0.717) is 11.9 Å². The summed E-state index contributed by atoms with van der Waals surface area (Å²) < 4.78 is 2.61. The van der Waals surface area contributed by atoms with Crippen molar-refractivity contribution >= 4 is 21.6 Å². The number of piperidine rings is 1. The molecular weight excluding hydrogens is 308 g/mol. The van der Waals surface area contributed by atoms with Crippen molar-refractivity contribution in [2.75, 3.05) is 6.54 Å². The van der Waals surface area contributed by atoms with Gasteiger partial charge in [0.1, 0.15) is 10.4 Å². The summed E-state index contributed by atoms with van der Waals surface area (Å²) in [7, 11) is 0. The molecule has 0 radical (unpaired) electrons. The third-order valence-corrected chi connectivity index (χ3v) is 5.26. The fourth-order valence-electron chi connectivity index (χ4n) is 3.28. The van der Waals surface area contributed by atoms with Gasteiger partial charge in [0.15, 0.2) is 5.82 Å². The van der Waals surface area contributed by atoms with Crippen molar-refractivity contribution in [3.8, 4) is 11.5 Å². The van der Waals surface area contributed by atoms with Crippen LogP contribution in [0, 0.1) is 0 Å². The SMILES string of the molecule is C[C@H]1C[C@H](n2c(-c3ccccn3)nc3ccsc3c2=O)CCN1. The molecule has 0 spiro atoms. The molecule has 0 unspecified atom stereocenters. The summed E-state index contributed by atoms with van der Waals surface area (Å²) in [5.41, 5.74) is 1.58. The lowest BCUT2D eigenvalue weighted by atomic mass is 10.00. The topological polar surface area (TPSA) is 59.8 Å². The predicted octanol–water partition coefficient (Wildman–Crippen LogP) is 2.83. The lowest BCUT2D eigenvalue weighted by Crippen LogP contribution is -2.40. The minimum atomic E-state index is 0.0600. The molecule has 0 aliphatic carbocycles. The minimum Gasteiger partial charge on any atom is -0.314 e. The van der Waals surface area contributed by atoms with Crippen LogP contribution in [0.4, 0.5) is 0 Å². The van der Waals surface area contributed by atoms with Crippen LogP contribution in [0.3, 0.4) is 0 Å². The van der Waals surface area contributed by atoms with E-state index in [1.54, 1.807) is 6.20 Å². The standard InChI is InChI=1S/C17H18N4OS/c1-11-10-12(5-8-18-11)21-16(14-4-2-3-7-19-14)20-13-6-9-23-15(13)17(21)22/h2-4,6-7,9,11-12,18H,5,8,10H2,1H3/t11-,12+/m0/s1. The fraction of sp³-hybridized carbons (Fsp3) is 0.353. The van der Waals surface area contributed by atoms with Gasteiger partial charge in [0.2, 0.25) is 0 Å². The zero-order valence-electron chi connectivity index (χ0n) is 12.9. The quantitative estimate of drug-likeness (QED) is 0.787. The summed E-state index contributed by atoms with van der Waals surface area (Å²) in [6.07, 6.45) is 3.61. The number of rotatable bonds is 2. The minimum absolute atomic E-state index is 0.0600. The lowest BCUT2D eigenvalue weighted by molar-refractivity contribution is 0.309. The molecule has 118 valence electrons. The number of pyridine rings is 1. The highest BCUT2D eigenvalue weighted by molar-refractivity contribution is 7.17. The molecule has 2 atom stereocenters. The maximum atomic E-state index is 13.1. The molecule has 5 nitrogen and oxygen atoms in total. The molecule has 1 N–H and O–H groups in total. The molecule has 3 aromatic heterocycles. The number of aromatic nitrogens is 3. The maximum absolute atomic E-state index is 13.1. The van der Waals surface area contributed by atoms with Crippen molar-refractivity contribution in [3.05, 3.63) is 46.2 Å².